The van der Waals surface area contributed by atoms with Crippen molar-refractivity contribution in [3.05, 3.63) is 33.4 Å². The van der Waals surface area contributed by atoms with Gasteiger partial charge in [-0.2, -0.15) is 5.10 Å². The fourth-order valence-corrected chi connectivity index (χ4v) is 4.52. The van der Waals surface area contributed by atoms with Gasteiger partial charge < -0.3 is 10.6 Å². The average molecular weight is 375 g/mol. The summed E-state index contributed by atoms with van der Waals surface area (Å²) in [5.41, 5.74) is 6.25. The summed E-state index contributed by atoms with van der Waals surface area (Å²) in [6.45, 7) is 9.50. The number of aryl methyl sites for hydroxylation is 1. The van der Waals surface area contributed by atoms with Crippen molar-refractivity contribution in [2.45, 2.75) is 40.2 Å². The van der Waals surface area contributed by atoms with Crippen LogP contribution in [0.4, 0.5) is 5.69 Å². The van der Waals surface area contributed by atoms with E-state index in [9.17, 15) is 9.59 Å². The normalized spacial score (nSPS) is 21.6. The summed E-state index contributed by atoms with van der Waals surface area (Å²) >= 11 is 1.58. The van der Waals surface area contributed by atoms with Gasteiger partial charge in [0.25, 0.3) is 5.56 Å². The van der Waals surface area contributed by atoms with E-state index in [4.69, 9.17) is 5.73 Å². The number of nitrogens with zero attached hydrogens (tertiary/aromatic N) is 3. The molecular weight excluding hydrogens is 348 g/mol. The topological polar surface area (TPSA) is 81.2 Å². The van der Waals surface area contributed by atoms with Gasteiger partial charge in [0.1, 0.15) is 17.4 Å². The Hall–Kier alpha value is -2.15. The molecule has 0 unspecified atom stereocenters. The maximum absolute atomic E-state index is 13.0. The minimum Gasteiger partial charge on any atom is -0.394 e. The van der Waals surface area contributed by atoms with Gasteiger partial charge in [-0.3, -0.25) is 9.59 Å². The fourth-order valence-electron chi connectivity index (χ4n) is 3.70. The Kier molecular flexibility index (Phi) is 5.18. The van der Waals surface area contributed by atoms with Gasteiger partial charge in [0, 0.05) is 18.0 Å². The SMILES string of the molecule is Cc1ccc(-c2cc(N)c(=O)n([C@@H](C)C(=O)N3C[C@H](C)C[C@H](C)C3)n2)s1. The molecule has 3 heterocycles. The molecule has 1 fully saturated rings. The molecule has 0 aromatic carbocycles. The third-order valence-electron chi connectivity index (χ3n) is 4.86. The monoisotopic (exact) mass is 374 g/mol. The zero-order valence-corrected chi connectivity index (χ0v) is 16.5. The molecule has 26 heavy (non-hydrogen) atoms. The lowest BCUT2D eigenvalue weighted by molar-refractivity contribution is -0.137. The molecule has 2 N–H and O–H groups in total. The lowest BCUT2D eigenvalue weighted by Crippen LogP contribution is -2.47. The number of likely N-dealkylation sites (tertiary alicyclic amines) is 1. The lowest BCUT2D eigenvalue weighted by atomic mass is 9.91. The number of thiophene rings is 1. The zero-order chi connectivity index (χ0) is 19.0. The summed E-state index contributed by atoms with van der Waals surface area (Å²) in [4.78, 5) is 29.5. The number of anilines is 1. The van der Waals surface area contributed by atoms with Crippen LogP contribution in [0, 0.1) is 18.8 Å². The number of hydrogen-bond acceptors (Lipinski definition) is 5. The first-order valence-corrected chi connectivity index (χ1v) is 9.82. The first kappa shape index (κ1) is 18.6. The van der Waals surface area contributed by atoms with Gasteiger partial charge in [-0.05, 0) is 50.3 Å². The van der Waals surface area contributed by atoms with Crippen LogP contribution in [0.25, 0.3) is 10.6 Å². The number of carbonyl (C=O) groups is 1. The number of rotatable bonds is 3. The van der Waals surface area contributed by atoms with Crippen LogP contribution in [-0.2, 0) is 4.79 Å². The van der Waals surface area contributed by atoms with Crippen molar-refractivity contribution < 1.29 is 4.79 Å². The van der Waals surface area contributed by atoms with E-state index >= 15 is 0 Å². The highest BCUT2D eigenvalue weighted by molar-refractivity contribution is 7.15. The molecule has 0 bridgehead atoms. The Morgan fingerprint density at radius 2 is 1.96 bits per heavy atom. The summed E-state index contributed by atoms with van der Waals surface area (Å²) in [5, 5.41) is 4.46. The van der Waals surface area contributed by atoms with E-state index in [-0.39, 0.29) is 11.6 Å². The summed E-state index contributed by atoms with van der Waals surface area (Å²) in [6, 6.07) is 4.87. The van der Waals surface area contributed by atoms with Crippen molar-refractivity contribution in [1.29, 1.82) is 0 Å². The van der Waals surface area contributed by atoms with Gasteiger partial charge >= 0.3 is 0 Å². The van der Waals surface area contributed by atoms with E-state index in [2.05, 4.69) is 18.9 Å². The van der Waals surface area contributed by atoms with Crippen LogP contribution >= 0.6 is 11.3 Å². The zero-order valence-electron chi connectivity index (χ0n) is 15.7. The minimum absolute atomic E-state index is 0.0723. The van der Waals surface area contributed by atoms with Gasteiger partial charge in [0.05, 0.1) is 4.88 Å². The van der Waals surface area contributed by atoms with Gasteiger partial charge in [-0.25, -0.2) is 4.68 Å². The maximum atomic E-state index is 13.0. The first-order chi connectivity index (χ1) is 12.3. The number of amides is 1. The van der Waals surface area contributed by atoms with E-state index in [0.717, 1.165) is 29.3 Å². The molecule has 2 aromatic heterocycles. The molecule has 0 spiro atoms. The van der Waals surface area contributed by atoms with E-state index in [1.807, 2.05) is 24.0 Å². The van der Waals surface area contributed by atoms with Crippen molar-refractivity contribution in [3.8, 4) is 10.6 Å². The molecule has 6 nitrogen and oxygen atoms in total. The van der Waals surface area contributed by atoms with E-state index in [1.54, 1.807) is 24.3 Å². The van der Waals surface area contributed by atoms with E-state index in [1.165, 1.54) is 4.68 Å². The second-order valence-corrected chi connectivity index (χ2v) is 8.80. The maximum Gasteiger partial charge on any atom is 0.290 e. The van der Waals surface area contributed by atoms with Crippen LogP contribution < -0.4 is 11.3 Å². The molecular formula is C19H26N4O2S. The first-order valence-electron chi connectivity index (χ1n) is 9.01. The van der Waals surface area contributed by atoms with Gasteiger partial charge in [0.15, 0.2) is 0 Å². The quantitative estimate of drug-likeness (QED) is 0.896. The molecule has 0 radical (unpaired) electrons. The van der Waals surface area contributed by atoms with Gasteiger partial charge in [-0.1, -0.05) is 13.8 Å². The van der Waals surface area contributed by atoms with Crippen molar-refractivity contribution in [1.82, 2.24) is 14.7 Å². The number of piperidine rings is 1. The Balaban J connectivity index is 1.93. The number of carbonyl (C=O) groups excluding carboxylic acids is 1. The van der Waals surface area contributed by atoms with Crippen LogP contribution in [0.1, 0.15) is 38.1 Å². The number of aromatic nitrogens is 2. The second-order valence-electron chi connectivity index (χ2n) is 7.51. The standard InChI is InChI=1S/C19H26N4O2S/c1-11-7-12(2)10-22(9-11)18(24)14(4)23-19(25)15(20)8-16(21-23)17-6-5-13(3)26-17/h5-6,8,11-12,14H,7,9-10,20H2,1-4H3/t11-,12+,14-/m0/s1. The van der Waals surface area contributed by atoms with Crippen LogP contribution in [-0.4, -0.2) is 33.7 Å². The van der Waals surface area contributed by atoms with Crippen molar-refractivity contribution in [2.24, 2.45) is 11.8 Å². The fraction of sp³-hybridized carbons (Fsp3) is 0.526. The summed E-state index contributed by atoms with van der Waals surface area (Å²) in [5.74, 6) is 0.854. The summed E-state index contributed by atoms with van der Waals surface area (Å²) in [7, 11) is 0. The van der Waals surface area contributed by atoms with Crippen LogP contribution in [0.15, 0.2) is 23.0 Å². The summed E-state index contributed by atoms with van der Waals surface area (Å²) in [6.07, 6.45) is 1.12. The predicted octanol–water partition coefficient (Wildman–Crippen LogP) is 2.93. The number of hydrogen-bond donors (Lipinski definition) is 1. The van der Waals surface area contributed by atoms with Crippen molar-refractivity contribution >= 4 is 22.9 Å². The Labute approximate surface area is 157 Å². The van der Waals surface area contributed by atoms with Crippen molar-refractivity contribution in [3.63, 3.8) is 0 Å². The average Bonchev–Trinajstić information content (AvgIpc) is 3.01. The molecule has 140 valence electrons. The van der Waals surface area contributed by atoms with Crippen molar-refractivity contribution in [2.75, 3.05) is 18.8 Å². The number of nitrogens with two attached hydrogens (primary N) is 1. The number of nitrogen functional groups attached to an aromatic ring is 1. The Morgan fingerprint density at radius 1 is 1.31 bits per heavy atom. The molecule has 1 aliphatic heterocycles. The molecule has 1 amide bonds. The lowest BCUT2D eigenvalue weighted by Gasteiger charge is -2.36. The van der Waals surface area contributed by atoms with Crippen LogP contribution in [0.2, 0.25) is 0 Å². The third-order valence-corrected chi connectivity index (χ3v) is 5.88. The Morgan fingerprint density at radius 3 is 2.54 bits per heavy atom. The van der Waals surface area contributed by atoms with Crippen LogP contribution in [0.3, 0.4) is 0 Å². The molecule has 1 saturated heterocycles. The van der Waals surface area contributed by atoms with E-state index in [0.29, 0.717) is 17.5 Å². The largest absolute Gasteiger partial charge is 0.394 e. The van der Waals surface area contributed by atoms with Gasteiger partial charge in [-0.15, -0.1) is 11.3 Å². The van der Waals surface area contributed by atoms with E-state index < -0.39 is 11.6 Å². The predicted molar refractivity (Wildman–Crippen MR) is 105 cm³/mol. The highest BCUT2D eigenvalue weighted by atomic mass is 32.1. The highest BCUT2D eigenvalue weighted by Crippen LogP contribution is 2.27. The molecule has 3 rings (SSSR count). The molecule has 0 saturated carbocycles. The molecule has 0 aliphatic carbocycles. The third kappa shape index (κ3) is 3.67. The smallest absolute Gasteiger partial charge is 0.290 e. The molecule has 1 aliphatic rings. The second kappa shape index (κ2) is 7.23. The molecule has 3 atom stereocenters. The highest BCUT2D eigenvalue weighted by Gasteiger charge is 2.30. The van der Waals surface area contributed by atoms with Crippen LogP contribution in [0.5, 0.6) is 0 Å². The molecule has 2 aromatic rings. The summed E-state index contributed by atoms with van der Waals surface area (Å²) < 4.78 is 1.24. The van der Waals surface area contributed by atoms with Gasteiger partial charge in [0.2, 0.25) is 5.91 Å². The Bertz CT molecular complexity index is 863. The molecule has 7 heteroatoms. The minimum atomic E-state index is -0.677.